The number of nitrogens with zero attached hydrogens (tertiary/aromatic N) is 3. The van der Waals surface area contributed by atoms with Crippen molar-refractivity contribution in [2.75, 3.05) is 6.79 Å². The van der Waals surface area contributed by atoms with Gasteiger partial charge in [0, 0.05) is 12.1 Å². The van der Waals surface area contributed by atoms with Crippen LogP contribution in [-0.2, 0) is 17.9 Å². The minimum absolute atomic E-state index is 0.121. The monoisotopic (exact) mass is 434 g/mol. The molecule has 1 aliphatic heterocycles. The van der Waals surface area contributed by atoms with E-state index in [1.54, 1.807) is 0 Å². The lowest BCUT2D eigenvalue weighted by molar-refractivity contribution is -0.121. The molecule has 3 heterocycles. The number of aryl methyl sites for hydroxylation is 1. The van der Waals surface area contributed by atoms with Gasteiger partial charge in [0.05, 0.1) is 6.33 Å². The number of amides is 1. The molecule has 0 radical (unpaired) electrons. The average molecular weight is 434 g/mol. The number of benzene rings is 2. The fourth-order valence-corrected chi connectivity index (χ4v) is 4.22. The molecule has 0 bridgehead atoms. The SMILES string of the molecule is Cc1cccc(-c2nsc3c(=O)n(CC(=O)NCc4ccc5c(c4)OCO5)cnc23)c1. The Morgan fingerprint density at radius 3 is 2.94 bits per heavy atom. The second kappa shape index (κ2) is 7.84. The number of fused-ring (bicyclic) bond motifs is 2. The Kier molecular flexibility index (Phi) is 4.87. The van der Waals surface area contributed by atoms with Crippen molar-refractivity contribution in [3.63, 3.8) is 0 Å². The highest BCUT2D eigenvalue weighted by Gasteiger charge is 2.16. The van der Waals surface area contributed by atoms with Gasteiger partial charge in [0.15, 0.2) is 11.5 Å². The van der Waals surface area contributed by atoms with Gasteiger partial charge in [-0.25, -0.2) is 4.98 Å². The van der Waals surface area contributed by atoms with E-state index in [-0.39, 0.29) is 24.8 Å². The van der Waals surface area contributed by atoms with Crippen molar-refractivity contribution in [2.24, 2.45) is 0 Å². The Morgan fingerprint density at radius 2 is 2.06 bits per heavy atom. The summed E-state index contributed by atoms with van der Waals surface area (Å²) >= 11 is 1.10. The van der Waals surface area contributed by atoms with Crippen LogP contribution in [0.15, 0.2) is 53.6 Å². The normalized spacial score (nSPS) is 12.3. The van der Waals surface area contributed by atoms with Crippen molar-refractivity contribution >= 4 is 27.7 Å². The van der Waals surface area contributed by atoms with Gasteiger partial charge >= 0.3 is 0 Å². The molecule has 0 atom stereocenters. The maximum absolute atomic E-state index is 12.9. The lowest BCUT2D eigenvalue weighted by Gasteiger charge is -2.08. The van der Waals surface area contributed by atoms with Gasteiger partial charge in [-0.1, -0.05) is 29.8 Å². The number of hydrogen-bond donors (Lipinski definition) is 1. The summed E-state index contributed by atoms with van der Waals surface area (Å²) in [6.45, 7) is 2.40. The Labute approximate surface area is 181 Å². The molecule has 9 heteroatoms. The van der Waals surface area contributed by atoms with Crippen molar-refractivity contribution in [1.82, 2.24) is 19.2 Å². The number of hydrogen-bond acceptors (Lipinski definition) is 7. The highest BCUT2D eigenvalue weighted by molar-refractivity contribution is 7.13. The van der Waals surface area contributed by atoms with Gasteiger partial charge in [-0.15, -0.1) is 0 Å². The molecule has 1 amide bonds. The number of carbonyl (C=O) groups is 1. The number of ether oxygens (including phenoxy) is 2. The molecule has 0 aliphatic carbocycles. The maximum atomic E-state index is 12.9. The molecule has 2 aromatic heterocycles. The molecule has 31 heavy (non-hydrogen) atoms. The summed E-state index contributed by atoms with van der Waals surface area (Å²) in [4.78, 5) is 29.7. The van der Waals surface area contributed by atoms with E-state index in [0.29, 0.717) is 34.0 Å². The van der Waals surface area contributed by atoms with Crippen LogP contribution in [0.25, 0.3) is 21.5 Å². The second-order valence-corrected chi connectivity index (χ2v) is 7.99. The van der Waals surface area contributed by atoms with Crippen molar-refractivity contribution in [3.05, 3.63) is 70.3 Å². The molecule has 0 fully saturated rings. The van der Waals surface area contributed by atoms with E-state index in [2.05, 4.69) is 14.7 Å². The first-order valence-electron chi connectivity index (χ1n) is 9.65. The van der Waals surface area contributed by atoms with Gasteiger partial charge in [0.25, 0.3) is 5.56 Å². The Morgan fingerprint density at radius 1 is 1.19 bits per heavy atom. The number of carbonyl (C=O) groups excluding carboxylic acids is 1. The van der Waals surface area contributed by atoms with E-state index in [1.165, 1.54) is 10.9 Å². The molecule has 1 N–H and O–H groups in total. The molecule has 8 nitrogen and oxygen atoms in total. The first kappa shape index (κ1) is 19.3. The topological polar surface area (TPSA) is 95.3 Å². The third-order valence-corrected chi connectivity index (χ3v) is 5.81. The lowest BCUT2D eigenvalue weighted by Crippen LogP contribution is -2.31. The zero-order valence-electron chi connectivity index (χ0n) is 16.6. The van der Waals surface area contributed by atoms with Crippen molar-refractivity contribution in [1.29, 1.82) is 0 Å². The molecule has 5 rings (SSSR count). The highest BCUT2D eigenvalue weighted by atomic mass is 32.1. The molecule has 0 saturated heterocycles. The van der Waals surface area contributed by atoms with Gasteiger partial charge in [0.2, 0.25) is 12.7 Å². The van der Waals surface area contributed by atoms with Crippen LogP contribution in [0, 0.1) is 6.92 Å². The zero-order valence-corrected chi connectivity index (χ0v) is 17.4. The molecule has 156 valence electrons. The molecule has 0 unspecified atom stereocenters. The Hall–Kier alpha value is -3.72. The first-order chi connectivity index (χ1) is 15.1. The van der Waals surface area contributed by atoms with E-state index in [0.717, 1.165) is 28.2 Å². The van der Waals surface area contributed by atoms with Crippen LogP contribution >= 0.6 is 11.5 Å². The summed E-state index contributed by atoms with van der Waals surface area (Å²) in [6.07, 6.45) is 1.40. The Bertz CT molecular complexity index is 1360. The van der Waals surface area contributed by atoms with E-state index in [9.17, 15) is 9.59 Å². The standard InChI is InChI=1S/C22H18N4O4S/c1-13-3-2-4-15(7-13)19-20-21(31-25-19)22(28)26(11-24-20)10-18(27)23-9-14-5-6-16-17(8-14)30-12-29-16/h2-8,11H,9-10,12H2,1H3,(H,23,27). The molecular formula is C22H18N4O4S. The van der Waals surface area contributed by atoms with Gasteiger partial charge in [-0.05, 0) is 42.2 Å². The highest BCUT2D eigenvalue weighted by Crippen LogP contribution is 2.32. The fourth-order valence-electron chi connectivity index (χ4n) is 3.41. The molecule has 4 aromatic rings. The second-order valence-electron chi connectivity index (χ2n) is 7.22. The van der Waals surface area contributed by atoms with Crippen molar-refractivity contribution in [2.45, 2.75) is 20.0 Å². The number of aromatic nitrogens is 3. The van der Waals surface area contributed by atoms with Crippen LogP contribution < -0.4 is 20.3 Å². The quantitative estimate of drug-likeness (QED) is 0.519. The fraction of sp³-hybridized carbons (Fsp3) is 0.182. The molecular weight excluding hydrogens is 416 g/mol. The summed E-state index contributed by atoms with van der Waals surface area (Å²) < 4.78 is 16.8. The van der Waals surface area contributed by atoms with Gasteiger partial charge < -0.3 is 14.8 Å². The summed E-state index contributed by atoms with van der Waals surface area (Å²) in [5, 5.41) is 2.82. The van der Waals surface area contributed by atoms with Crippen LogP contribution in [0.4, 0.5) is 0 Å². The van der Waals surface area contributed by atoms with Gasteiger partial charge in [-0.3, -0.25) is 14.2 Å². The third-order valence-electron chi connectivity index (χ3n) is 4.98. The minimum atomic E-state index is -0.288. The molecule has 1 aliphatic rings. The summed E-state index contributed by atoms with van der Waals surface area (Å²) in [5.41, 5.74) is 3.85. The van der Waals surface area contributed by atoms with Crippen LogP contribution in [0.2, 0.25) is 0 Å². The van der Waals surface area contributed by atoms with E-state index in [4.69, 9.17) is 9.47 Å². The lowest BCUT2D eigenvalue weighted by atomic mass is 10.1. The maximum Gasteiger partial charge on any atom is 0.273 e. The van der Waals surface area contributed by atoms with Crippen LogP contribution in [0.1, 0.15) is 11.1 Å². The van der Waals surface area contributed by atoms with Crippen LogP contribution in [0.3, 0.4) is 0 Å². The predicted octanol–water partition coefficient (Wildman–Crippen LogP) is 2.87. The molecule has 0 saturated carbocycles. The van der Waals surface area contributed by atoms with E-state index in [1.807, 2.05) is 49.4 Å². The largest absolute Gasteiger partial charge is 0.454 e. The van der Waals surface area contributed by atoms with Crippen LogP contribution in [0.5, 0.6) is 11.5 Å². The average Bonchev–Trinajstić information content (AvgIpc) is 3.41. The molecule has 0 spiro atoms. The van der Waals surface area contributed by atoms with Gasteiger partial charge in [0.1, 0.15) is 22.5 Å². The third kappa shape index (κ3) is 3.75. The molecule has 2 aromatic carbocycles. The smallest absolute Gasteiger partial charge is 0.273 e. The van der Waals surface area contributed by atoms with Crippen molar-refractivity contribution in [3.8, 4) is 22.8 Å². The number of rotatable bonds is 5. The summed E-state index contributed by atoms with van der Waals surface area (Å²) in [5.74, 6) is 1.06. The Balaban J connectivity index is 1.32. The summed E-state index contributed by atoms with van der Waals surface area (Å²) in [7, 11) is 0. The van der Waals surface area contributed by atoms with Crippen LogP contribution in [-0.4, -0.2) is 26.6 Å². The first-order valence-corrected chi connectivity index (χ1v) is 10.4. The predicted molar refractivity (Wildman–Crippen MR) is 116 cm³/mol. The zero-order chi connectivity index (χ0) is 21.4. The van der Waals surface area contributed by atoms with E-state index >= 15 is 0 Å². The number of nitrogens with one attached hydrogen (secondary N) is 1. The van der Waals surface area contributed by atoms with Gasteiger partial charge in [-0.2, -0.15) is 4.37 Å². The summed E-state index contributed by atoms with van der Waals surface area (Å²) in [6, 6.07) is 13.4. The van der Waals surface area contributed by atoms with Crippen molar-refractivity contribution < 1.29 is 14.3 Å². The van der Waals surface area contributed by atoms with E-state index < -0.39 is 0 Å². The minimum Gasteiger partial charge on any atom is -0.454 e.